The largest absolute Gasteiger partial charge is 0.507 e. The Kier molecular flexibility index (Phi) is 5.05. The molecule has 0 bridgehead atoms. The zero-order valence-electron chi connectivity index (χ0n) is 12.7. The molecule has 0 aliphatic carbocycles. The summed E-state index contributed by atoms with van der Waals surface area (Å²) in [6, 6.07) is 11.4. The number of hydrogen-bond acceptors (Lipinski definition) is 4. The molecule has 0 amide bonds. The summed E-state index contributed by atoms with van der Waals surface area (Å²) in [5.74, 6) is 0.187. The lowest BCUT2D eigenvalue weighted by molar-refractivity contribution is 0.114. The summed E-state index contributed by atoms with van der Waals surface area (Å²) in [6.07, 6.45) is 3.96. The van der Waals surface area contributed by atoms with Crippen LogP contribution in [0.3, 0.4) is 0 Å². The number of ether oxygens (including phenoxy) is 1. The SMILES string of the molecule is Oc1ccc2ccccc2c1C=NNC(=S)NCC1CCCO1. The van der Waals surface area contributed by atoms with Gasteiger partial charge < -0.3 is 15.2 Å². The summed E-state index contributed by atoms with van der Waals surface area (Å²) >= 11 is 5.18. The molecule has 1 atom stereocenters. The standard InChI is InChI=1S/C17H19N3O2S/c21-16-8-7-12-4-1-2-6-14(12)15(16)11-19-20-17(23)18-10-13-5-3-9-22-13/h1-2,4,6-8,11,13,21H,3,5,9-10H2,(H2,18,20,23). The predicted octanol–water partition coefficient (Wildman–Crippen LogP) is 2.52. The van der Waals surface area contributed by atoms with Crippen LogP contribution in [0.2, 0.25) is 0 Å². The monoisotopic (exact) mass is 329 g/mol. The van der Waals surface area contributed by atoms with Gasteiger partial charge in [0.25, 0.3) is 0 Å². The van der Waals surface area contributed by atoms with Crippen LogP contribution in [0.15, 0.2) is 41.5 Å². The fourth-order valence-electron chi connectivity index (χ4n) is 2.63. The first-order valence-corrected chi connectivity index (χ1v) is 8.04. The van der Waals surface area contributed by atoms with Gasteiger partial charge in [0.05, 0.1) is 12.3 Å². The summed E-state index contributed by atoms with van der Waals surface area (Å²) in [4.78, 5) is 0. The molecule has 0 aromatic heterocycles. The number of nitrogens with zero attached hydrogens (tertiary/aromatic N) is 1. The van der Waals surface area contributed by atoms with Gasteiger partial charge in [-0.2, -0.15) is 5.10 Å². The van der Waals surface area contributed by atoms with Gasteiger partial charge in [0.1, 0.15) is 5.75 Å². The van der Waals surface area contributed by atoms with Crippen LogP contribution in [0.5, 0.6) is 5.75 Å². The zero-order valence-corrected chi connectivity index (χ0v) is 13.5. The van der Waals surface area contributed by atoms with Gasteiger partial charge in [-0.1, -0.05) is 30.3 Å². The highest BCUT2D eigenvalue weighted by atomic mass is 32.1. The topological polar surface area (TPSA) is 65.9 Å². The summed E-state index contributed by atoms with van der Waals surface area (Å²) in [7, 11) is 0. The molecule has 120 valence electrons. The van der Waals surface area contributed by atoms with Crippen LogP contribution >= 0.6 is 12.2 Å². The number of hydrogen-bond donors (Lipinski definition) is 3. The molecule has 1 fully saturated rings. The lowest BCUT2D eigenvalue weighted by atomic mass is 10.0. The van der Waals surface area contributed by atoms with Gasteiger partial charge in [-0.15, -0.1) is 0 Å². The Labute approximate surface area is 140 Å². The first kappa shape index (κ1) is 15.7. The van der Waals surface area contributed by atoms with E-state index in [2.05, 4.69) is 15.8 Å². The second kappa shape index (κ2) is 7.39. The van der Waals surface area contributed by atoms with Gasteiger partial charge in [0.2, 0.25) is 0 Å². The Morgan fingerprint density at radius 1 is 1.35 bits per heavy atom. The summed E-state index contributed by atoms with van der Waals surface area (Å²) < 4.78 is 5.52. The zero-order chi connectivity index (χ0) is 16.1. The molecular weight excluding hydrogens is 310 g/mol. The number of phenols is 1. The van der Waals surface area contributed by atoms with E-state index >= 15 is 0 Å². The molecule has 1 saturated heterocycles. The van der Waals surface area contributed by atoms with E-state index in [-0.39, 0.29) is 11.9 Å². The van der Waals surface area contributed by atoms with Crippen molar-refractivity contribution in [3.63, 3.8) is 0 Å². The van der Waals surface area contributed by atoms with Gasteiger partial charge in [0, 0.05) is 18.7 Å². The molecule has 0 saturated carbocycles. The highest BCUT2D eigenvalue weighted by molar-refractivity contribution is 7.80. The maximum Gasteiger partial charge on any atom is 0.187 e. The molecular formula is C17H19N3O2S. The van der Waals surface area contributed by atoms with Crippen LogP contribution < -0.4 is 10.7 Å². The van der Waals surface area contributed by atoms with Crippen molar-refractivity contribution in [2.45, 2.75) is 18.9 Å². The molecule has 2 aromatic carbocycles. The molecule has 1 aliphatic heterocycles. The van der Waals surface area contributed by atoms with Crippen molar-refractivity contribution in [1.82, 2.24) is 10.7 Å². The minimum atomic E-state index is 0.187. The highest BCUT2D eigenvalue weighted by Crippen LogP contribution is 2.25. The van der Waals surface area contributed by atoms with E-state index in [1.165, 1.54) is 0 Å². The molecule has 0 radical (unpaired) electrons. The normalized spacial score (nSPS) is 17.7. The van der Waals surface area contributed by atoms with Crippen LogP contribution in [-0.2, 0) is 4.74 Å². The Morgan fingerprint density at radius 2 is 2.22 bits per heavy atom. The molecule has 5 nitrogen and oxygen atoms in total. The average molecular weight is 329 g/mol. The van der Waals surface area contributed by atoms with Crippen molar-refractivity contribution in [3.05, 3.63) is 42.0 Å². The van der Waals surface area contributed by atoms with E-state index in [4.69, 9.17) is 17.0 Å². The molecule has 1 aliphatic rings. The lowest BCUT2D eigenvalue weighted by Crippen LogP contribution is -2.37. The van der Waals surface area contributed by atoms with E-state index in [0.717, 1.165) is 30.2 Å². The van der Waals surface area contributed by atoms with Crippen LogP contribution in [0.4, 0.5) is 0 Å². The van der Waals surface area contributed by atoms with Crippen molar-refractivity contribution >= 4 is 34.3 Å². The Balaban J connectivity index is 1.61. The first-order chi connectivity index (χ1) is 11.2. The molecule has 6 heteroatoms. The number of thiocarbonyl (C=S) groups is 1. The molecule has 1 unspecified atom stereocenters. The van der Waals surface area contributed by atoms with Crippen LogP contribution in [0.25, 0.3) is 10.8 Å². The van der Waals surface area contributed by atoms with Gasteiger partial charge in [-0.05, 0) is 41.9 Å². The number of benzene rings is 2. The fourth-order valence-corrected chi connectivity index (χ4v) is 2.76. The Bertz CT molecular complexity index is 727. The summed E-state index contributed by atoms with van der Waals surface area (Å²) in [5.41, 5.74) is 3.43. The summed E-state index contributed by atoms with van der Waals surface area (Å²) in [5, 5.41) is 19.7. The lowest BCUT2D eigenvalue weighted by Gasteiger charge is -2.11. The highest BCUT2D eigenvalue weighted by Gasteiger charge is 2.15. The molecule has 3 rings (SSSR count). The maximum absolute atomic E-state index is 10.0. The number of phenolic OH excluding ortho intramolecular Hbond substituents is 1. The Hall–Kier alpha value is -2.18. The number of fused-ring (bicyclic) bond motifs is 1. The predicted molar refractivity (Wildman–Crippen MR) is 95.9 cm³/mol. The second-order valence-electron chi connectivity index (χ2n) is 5.43. The third-order valence-corrected chi connectivity index (χ3v) is 4.06. The maximum atomic E-state index is 10.0. The number of nitrogens with one attached hydrogen (secondary N) is 2. The molecule has 23 heavy (non-hydrogen) atoms. The minimum Gasteiger partial charge on any atom is -0.507 e. The molecule has 1 heterocycles. The summed E-state index contributed by atoms with van der Waals surface area (Å²) in [6.45, 7) is 1.51. The third kappa shape index (κ3) is 3.97. The smallest absolute Gasteiger partial charge is 0.187 e. The van der Waals surface area contributed by atoms with E-state index in [9.17, 15) is 5.11 Å². The first-order valence-electron chi connectivity index (χ1n) is 7.63. The molecule has 0 spiro atoms. The van der Waals surface area contributed by atoms with Crippen molar-refractivity contribution in [3.8, 4) is 5.75 Å². The average Bonchev–Trinajstić information content (AvgIpc) is 3.08. The van der Waals surface area contributed by atoms with E-state index < -0.39 is 0 Å². The second-order valence-corrected chi connectivity index (χ2v) is 5.84. The number of aromatic hydroxyl groups is 1. The minimum absolute atomic E-state index is 0.187. The van der Waals surface area contributed by atoms with E-state index in [1.54, 1.807) is 12.3 Å². The van der Waals surface area contributed by atoms with E-state index in [0.29, 0.717) is 17.2 Å². The number of hydrazone groups is 1. The van der Waals surface area contributed by atoms with Crippen molar-refractivity contribution in [2.24, 2.45) is 5.10 Å². The van der Waals surface area contributed by atoms with Gasteiger partial charge in [-0.25, -0.2) is 0 Å². The Morgan fingerprint density at radius 3 is 3.04 bits per heavy atom. The van der Waals surface area contributed by atoms with Crippen molar-refractivity contribution < 1.29 is 9.84 Å². The molecule has 2 aromatic rings. The van der Waals surface area contributed by atoms with E-state index in [1.807, 2.05) is 30.3 Å². The van der Waals surface area contributed by atoms with Crippen molar-refractivity contribution in [2.75, 3.05) is 13.2 Å². The van der Waals surface area contributed by atoms with Crippen molar-refractivity contribution in [1.29, 1.82) is 0 Å². The molecule has 3 N–H and O–H groups in total. The number of rotatable bonds is 4. The van der Waals surface area contributed by atoms with Gasteiger partial charge in [0.15, 0.2) is 5.11 Å². The van der Waals surface area contributed by atoms with Gasteiger partial charge in [-0.3, -0.25) is 5.43 Å². The van der Waals surface area contributed by atoms with Crippen LogP contribution in [0.1, 0.15) is 18.4 Å². The fraction of sp³-hybridized carbons (Fsp3) is 0.294. The quantitative estimate of drug-likeness (QED) is 0.457. The van der Waals surface area contributed by atoms with Crippen LogP contribution in [-0.4, -0.2) is 35.7 Å². The van der Waals surface area contributed by atoms with Gasteiger partial charge >= 0.3 is 0 Å². The third-order valence-electron chi connectivity index (χ3n) is 3.82. The van der Waals surface area contributed by atoms with Crippen LogP contribution in [0, 0.1) is 0 Å².